The molecule has 2 aromatic carbocycles. The van der Waals surface area contributed by atoms with Gasteiger partial charge in [-0.2, -0.15) is 0 Å². The minimum Gasteiger partial charge on any atom is -0.476 e. The van der Waals surface area contributed by atoms with E-state index in [1.54, 1.807) is 23.2 Å². The molecule has 2 heterocycles. The SMILES string of the molecule is CC(=O)N1C[C@@H](C(=O)Nc2cnc3ccccc3c2)Oc2ccccc21. The number of pyridine rings is 1. The second-order valence-corrected chi connectivity index (χ2v) is 6.11. The molecule has 1 aromatic heterocycles. The molecule has 0 radical (unpaired) electrons. The van der Waals surface area contributed by atoms with E-state index in [2.05, 4.69) is 10.3 Å². The second-order valence-electron chi connectivity index (χ2n) is 6.11. The average molecular weight is 347 g/mol. The Kier molecular flexibility index (Phi) is 4.01. The molecule has 0 saturated heterocycles. The number of carbonyl (C=O) groups excluding carboxylic acids is 2. The second kappa shape index (κ2) is 6.48. The number of nitrogens with zero attached hydrogens (tertiary/aromatic N) is 2. The molecule has 6 nitrogen and oxygen atoms in total. The van der Waals surface area contributed by atoms with Crippen LogP contribution in [0.1, 0.15) is 6.92 Å². The number of hydrogen-bond donors (Lipinski definition) is 1. The Morgan fingerprint density at radius 3 is 2.77 bits per heavy atom. The van der Waals surface area contributed by atoms with Crippen LogP contribution in [-0.4, -0.2) is 29.4 Å². The molecule has 6 heteroatoms. The average Bonchev–Trinajstić information content (AvgIpc) is 2.66. The fraction of sp³-hybridized carbons (Fsp3) is 0.150. The number of ether oxygens (including phenoxy) is 1. The fourth-order valence-electron chi connectivity index (χ4n) is 3.03. The van der Waals surface area contributed by atoms with E-state index in [0.29, 0.717) is 17.1 Å². The maximum absolute atomic E-state index is 12.7. The predicted molar refractivity (Wildman–Crippen MR) is 99.3 cm³/mol. The molecule has 2 amide bonds. The molecule has 4 rings (SSSR count). The van der Waals surface area contributed by atoms with Crippen molar-refractivity contribution >= 4 is 34.1 Å². The standard InChI is InChI=1S/C20H17N3O3/c1-13(24)23-12-19(26-18-9-5-4-8-17(18)23)20(25)22-15-10-14-6-2-3-7-16(14)21-11-15/h2-11,19H,12H2,1H3,(H,22,25)/t19-/m0/s1. The van der Waals surface area contributed by atoms with Crippen LogP contribution in [0, 0.1) is 0 Å². The largest absolute Gasteiger partial charge is 0.476 e. The van der Waals surface area contributed by atoms with Crippen molar-refractivity contribution in [1.29, 1.82) is 0 Å². The Balaban J connectivity index is 1.57. The quantitative estimate of drug-likeness (QED) is 0.774. The molecule has 0 fully saturated rings. The number of para-hydroxylation sites is 3. The number of nitrogens with one attached hydrogen (secondary N) is 1. The smallest absolute Gasteiger partial charge is 0.267 e. The van der Waals surface area contributed by atoms with E-state index in [0.717, 1.165) is 10.9 Å². The fourth-order valence-corrected chi connectivity index (χ4v) is 3.03. The summed E-state index contributed by atoms with van der Waals surface area (Å²) in [5.74, 6) is 0.0690. The molecular formula is C20H17N3O3. The van der Waals surface area contributed by atoms with Crippen molar-refractivity contribution in [2.75, 3.05) is 16.8 Å². The molecule has 1 atom stereocenters. The first-order valence-electron chi connectivity index (χ1n) is 8.31. The Morgan fingerprint density at radius 2 is 1.92 bits per heavy atom. The summed E-state index contributed by atoms with van der Waals surface area (Å²) in [6.45, 7) is 1.64. The van der Waals surface area contributed by atoms with Gasteiger partial charge >= 0.3 is 0 Å². The van der Waals surface area contributed by atoms with Gasteiger partial charge in [-0.15, -0.1) is 0 Å². The first-order valence-corrected chi connectivity index (χ1v) is 8.31. The third-order valence-corrected chi connectivity index (χ3v) is 4.30. The number of amides is 2. The summed E-state index contributed by atoms with van der Waals surface area (Å²) in [4.78, 5) is 30.5. The molecule has 130 valence electrons. The summed E-state index contributed by atoms with van der Waals surface area (Å²) in [5, 5.41) is 3.77. The minimum atomic E-state index is -0.791. The molecule has 26 heavy (non-hydrogen) atoms. The van der Waals surface area contributed by atoms with Crippen molar-refractivity contribution in [3.05, 3.63) is 60.8 Å². The molecule has 0 unspecified atom stereocenters. The predicted octanol–water partition coefficient (Wildman–Crippen LogP) is 2.99. The zero-order chi connectivity index (χ0) is 18.1. The number of fused-ring (bicyclic) bond motifs is 2. The zero-order valence-electron chi connectivity index (χ0n) is 14.2. The van der Waals surface area contributed by atoms with Gasteiger partial charge in [-0.3, -0.25) is 14.6 Å². The van der Waals surface area contributed by atoms with Crippen LogP contribution >= 0.6 is 0 Å². The lowest BCUT2D eigenvalue weighted by atomic mass is 10.1. The van der Waals surface area contributed by atoms with Crippen LogP contribution in [0.15, 0.2) is 60.8 Å². The lowest BCUT2D eigenvalue weighted by molar-refractivity contribution is -0.123. The van der Waals surface area contributed by atoms with Crippen LogP contribution in [0.4, 0.5) is 11.4 Å². The third-order valence-electron chi connectivity index (χ3n) is 4.30. The van der Waals surface area contributed by atoms with Gasteiger partial charge in [-0.05, 0) is 24.3 Å². The van der Waals surface area contributed by atoms with Crippen molar-refractivity contribution in [1.82, 2.24) is 4.98 Å². The van der Waals surface area contributed by atoms with E-state index in [1.165, 1.54) is 6.92 Å². The summed E-state index contributed by atoms with van der Waals surface area (Å²) in [6, 6.07) is 16.7. The van der Waals surface area contributed by atoms with Crippen molar-refractivity contribution in [2.24, 2.45) is 0 Å². The molecule has 0 bridgehead atoms. The summed E-state index contributed by atoms with van der Waals surface area (Å²) in [6.07, 6.45) is 0.819. The van der Waals surface area contributed by atoms with Gasteiger partial charge in [0.05, 0.1) is 29.6 Å². The summed E-state index contributed by atoms with van der Waals surface area (Å²) < 4.78 is 5.81. The van der Waals surface area contributed by atoms with Gasteiger partial charge in [-0.25, -0.2) is 0 Å². The summed E-state index contributed by atoms with van der Waals surface area (Å²) in [7, 11) is 0. The highest BCUT2D eigenvalue weighted by molar-refractivity contribution is 6.00. The number of benzene rings is 2. The first kappa shape index (κ1) is 16.1. The van der Waals surface area contributed by atoms with Crippen LogP contribution in [0.25, 0.3) is 10.9 Å². The molecule has 0 aliphatic carbocycles. The highest BCUT2D eigenvalue weighted by atomic mass is 16.5. The lowest BCUT2D eigenvalue weighted by Gasteiger charge is -2.33. The van der Waals surface area contributed by atoms with Crippen molar-refractivity contribution < 1.29 is 14.3 Å². The Bertz CT molecular complexity index is 1000. The Labute approximate surface area is 150 Å². The Hall–Kier alpha value is -3.41. The van der Waals surface area contributed by atoms with Gasteiger partial charge in [0, 0.05) is 12.3 Å². The molecule has 0 saturated carbocycles. The number of rotatable bonds is 2. The molecule has 3 aromatic rings. The van der Waals surface area contributed by atoms with Crippen LogP contribution < -0.4 is 15.0 Å². The molecule has 1 N–H and O–H groups in total. The monoisotopic (exact) mass is 347 g/mol. The number of aromatic nitrogens is 1. The van der Waals surface area contributed by atoms with Gasteiger partial charge in [0.15, 0.2) is 6.10 Å². The van der Waals surface area contributed by atoms with Crippen LogP contribution in [0.2, 0.25) is 0 Å². The van der Waals surface area contributed by atoms with E-state index in [-0.39, 0.29) is 18.4 Å². The molecular weight excluding hydrogens is 330 g/mol. The highest BCUT2D eigenvalue weighted by Gasteiger charge is 2.32. The van der Waals surface area contributed by atoms with E-state index in [4.69, 9.17) is 4.74 Å². The lowest BCUT2D eigenvalue weighted by Crippen LogP contribution is -2.48. The van der Waals surface area contributed by atoms with E-state index >= 15 is 0 Å². The van der Waals surface area contributed by atoms with Crippen LogP contribution in [0.5, 0.6) is 5.75 Å². The number of hydrogen-bond acceptors (Lipinski definition) is 4. The maximum Gasteiger partial charge on any atom is 0.267 e. The van der Waals surface area contributed by atoms with E-state index < -0.39 is 6.10 Å². The van der Waals surface area contributed by atoms with Gasteiger partial charge in [0.1, 0.15) is 5.75 Å². The first-order chi connectivity index (χ1) is 12.6. The topological polar surface area (TPSA) is 71.5 Å². The summed E-state index contributed by atoms with van der Waals surface area (Å²) in [5.41, 5.74) is 2.12. The van der Waals surface area contributed by atoms with Gasteiger partial charge in [-0.1, -0.05) is 30.3 Å². The highest BCUT2D eigenvalue weighted by Crippen LogP contribution is 2.33. The molecule has 1 aliphatic heterocycles. The minimum absolute atomic E-state index is 0.133. The van der Waals surface area contributed by atoms with E-state index in [9.17, 15) is 9.59 Å². The van der Waals surface area contributed by atoms with Crippen LogP contribution in [0.3, 0.4) is 0 Å². The van der Waals surface area contributed by atoms with Crippen molar-refractivity contribution in [2.45, 2.75) is 13.0 Å². The van der Waals surface area contributed by atoms with Crippen LogP contribution in [-0.2, 0) is 9.59 Å². The normalized spacial score (nSPS) is 15.9. The van der Waals surface area contributed by atoms with E-state index in [1.807, 2.05) is 42.5 Å². The molecule has 1 aliphatic rings. The Morgan fingerprint density at radius 1 is 1.15 bits per heavy atom. The molecule has 0 spiro atoms. The number of anilines is 2. The van der Waals surface area contributed by atoms with Gasteiger partial charge in [0.2, 0.25) is 5.91 Å². The maximum atomic E-state index is 12.7. The number of carbonyl (C=O) groups is 2. The van der Waals surface area contributed by atoms with Gasteiger partial charge in [0.25, 0.3) is 5.91 Å². The summed E-state index contributed by atoms with van der Waals surface area (Å²) >= 11 is 0. The van der Waals surface area contributed by atoms with Gasteiger partial charge < -0.3 is 15.0 Å². The zero-order valence-corrected chi connectivity index (χ0v) is 14.2. The van der Waals surface area contributed by atoms with Crippen molar-refractivity contribution in [3.63, 3.8) is 0 Å². The third kappa shape index (κ3) is 2.97. The van der Waals surface area contributed by atoms with Crippen molar-refractivity contribution in [3.8, 4) is 5.75 Å².